The van der Waals surface area contributed by atoms with Gasteiger partial charge in [0.15, 0.2) is 6.29 Å². The van der Waals surface area contributed by atoms with Crippen LogP contribution in [0.5, 0.6) is 0 Å². The number of aliphatic hydroxyl groups is 6. The van der Waals surface area contributed by atoms with E-state index in [0.29, 0.717) is 6.42 Å². The van der Waals surface area contributed by atoms with Gasteiger partial charge in [-0.25, -0.2) is 0 Å². The first-order chi connectivity index (χ1) is 29.8. The van der Waals surface area contributed by atoms with Crippen LogP contribution in [0.15, 0.2) is 0 Å². The Balaban J connectivity index is 2.26. The van der Waals surface area contributed by atoms with E-state index in [-0.39, 0.29) is 18.9 Å². The minimum absolute atomic E-state index is 0.252. The minimum atomic E-state index is -1.60. The zero-order valence-corrected chi connectivity index (χ0v) is 39.8. The van der Waals surface area contributed by atoms with Gasteiger partial charge in [0.2, 0.25) is 5.91 Å². The zero-order valence-electron chi connectivity index (χ0n) is 39.8. The molecule has 2 unspecified atom stereocenters. The summed E-state index contributed by atoms with van der Waals surface area (Å²) in [6, 6.07) is -0.985. The van der Waals surface area contributed by atoms with Crippen LogP contribution in [0.3, 0.4) is 0 Å². The Labute approximate surface area is 375 Å². The lowest BCUT2D eigenvalue weighted by atomic mass is 9.98. The number of carbonyl (C=O) groups is 1. The molecule has 7 N–H and O–H groups in total. The van der Waals surface area contributed by atoms with Crippen molar-refractivity contribution in [1.29, 1.82) is 0 Å². The van der Waals surface area contributed by atoms with Crippen LogP contribution in [-0.4, -0.2) is 98.7 Å². The average Bonchev–Trinajstić information content (AvgIpc) is 3.26. The van der Waals surface area contributed by atoms with Gasteiger partial charge in [-0.3, -0.25) is 4.79 Å². The molecule has 10 heteroatoms. The van der Waals surface area contributed by atoms with E-state index in [1.165, 1.54) is 193 Å². The molecule has 1 saturated heterocycles. The number of ether oxygens (including phenoxy) is 2. The molecule has 1 rings (SSSR count). The molecule has 0 aliphatic carbocycles. The predicted molar refractivity (Wildman–Crippen MR) is 250 cm³/mol. The van der Waals surface area contributed by atoms with Crippen LogP contribution in [0, 0.1) is 0 Å². The number of amides is 1. The van der Waals surface area contributed by atoms with E-state index in [1.54, 1.807) is 0 Å². The summed E-state index contributed by atoms with van der Waals surface area (Å²) in [6.07, 6.45) is 36.9. The van der Waals surface area contributed by atoms with Gasteiger partial charge >= 0.3 is 0 Å². The van der Waals surface area contributed by atoms with Crippen molar-refractivity contribution >= 4 is 5.91 Å². The third-order valence-electron chi connectivity index (χ3n) is 13.1. The van der Waals surface area contributed by atoms with Gasteiger partial charge < -0.3 is 45.4 Å². The number of unbranched alkanes of at least 4 members (excludes halogenated alkanes) is 34. The molecule has 1 aliphatic rings. The molecule has 364 valence electrons. The maximum atomic E-state index is 13.0. The van der Waals surface area contributed by atoms with Crippen molar-refractivity contribution in [3.63, 3.8) is 0 Å². The van der Waals surface area contributed by atoms with E-state index >= 15 is 0 Å². The second-order valence-electron chi connectivity index (χ2n) is 18.8. The van der Waals surface area contributed by atoms with E-state index in [9.17, 15) is 35.4 Å². The van der Waals surface area contributed by atoms with Gasteiger partial charge in [0.1, 0.15) is 30.5 Å². The Kier molecular flexibility index (Phi) is 39.9. The van der Waals surface area contributed by atoms with E-state index in [1.807, 2.05) is 0 Å². The summed E-state index contributed by atoms with van der Waals surface area (Å²) < 4.78 is 11.2. The summed E-state index contributed by atoms with van der Waals surface area (Å²) >= 11 is 0. The van der Waals surface area contributed by atoms with Crippen LogP contribution < -0.4 is 5.32 Å². The highest BCUT2D eigenvalue weighted by Gasteiger charge is 2.44. The van der Waals surface area contributed by atoms with Crippen molar-refractivity contribution in [2.45, 2.75) is 307 Å². The van der Waals surface area contributed by atoms with Crippen LogP contribution in [0.4, 0.5) is 0 Å². The Bertz CT molecular complexity index is 942. The quantitative estimate of drug-likeness (QED) is 0.0295. The maximum Gasteiger partial charge on any atom is 0.220 e. The lowest BCUT2D eigenvalue weighted by Gasteiger charge is -2.40. The van der Waals surface area contributed by atoms with Crippen molar-refractivity contribution in [3.8, 4) is 0 Å². The number of nitrogens with one attached hydrogen (secondary N) is 1. The fourth-order valence-corrected chi connectivity index (χ4v) is 8.79. The summed E-state index contributed by atoms with van der Waals surface area (Å²) in [5, 5.41) is 65.3. The van der Waals surface area contributed by atoms with Gasteiger partial charge in [0, 0.05) is 6.42 Å². The first-order valence-corrected chi connectivity index (χ1v) is 26.3. The molecule has 61 heavy (non-hydrogen) atoms. The highest BCUT2D eigenvalue weighted by molar-refractivity contribution is 5.76. The van der Waals surface area contributed by atoms with Crippen molar-refractivity contribution in [2.24, 2.45) is 0 Å². The topological polar surface area (TPSA) is 169 Å². The van der Waals surface area contributed by atoms with Crippen LogP contribution in [-0.2, 0) is 14.3 Å². The monoisotopic (exact) mass is 872 g/mol. The fourth-order valence-electron chi connectivity index (χ4n) is 8.79. The van der Waals surface area contributed by atoms with Crippen LogP contribution in [0.2, 0.25) is 0 Å². The third kappa shape index (κ3) is 31.6. The SMILES string of the molecule is CCCCCCCCCCCCCCCCCCCCCCCCCC(=O)N[C@@H](CO[C@H]1OC(CO)[C@H](O)[C@H](O)C1O)[C@H](O)[C@H](O)CCCCCCCCCCCCCCC. The molecule has 0 spiro atoms. The zero-order chi connectivity index (χ0) is 44.6. The van der Waals surface area contributed by atoms with Crippen LogP contribution in [0.25, 0.3) is 0 Å². The van der Waals surface area contributed by atoms with Gasteiger partial charge in [0.05, 0.1) is 25.4 Å². The molecule has 0 aromatic rings. The normalized spacial score (nSPS) is 20.8. The standard InChI is InChI=1S/C51H101NO9/c1-3-5-7-9-11-13-15-17-18-19-20-21-22-23-24-25-26-28-30-32-34-36-38-40-46(55)52-43(42-60-51-50(59)49(58)48(57)45(41-53)61-51)47(56)44(54)39-37-35-33-31-29-27-16-14-12-10-8-6-4-2/h43-45,47-51,53-54,56-59H,3-42H2,1-2H3,(H,52,55)/t43-,44+,45?,47-,48-,49-,50?,51-/m0/s1. The second kappa shape index (κ2) is 41.8. The van der Waals surface area contributed by atoms with Crippen molar-refractivity contribution in [3.05, 3.63) is 0 Å². The summed E-state index contributed by atoms with van der Waals surface area (Å²) in [5.41, 5.74) is 0. The summed E-state index contributed by atoms with van der Waals surface area (Å²) in [4.78, 5) is 13.0. The number of carbonyl (C=O) groups excluding carboxylic acids is 1. The molecule has 0 aromatic heterocycles. The summed E-state index contributed by atoms with van der Waals surface area (Å²) in [7, 11) is 0. The molecule has 1 amide bonds. The van der Waals surface area contributed by atoms with Crippen molar-refractivity contribution in [2.75, 3.05) is 13.2 Å². The summed E-state index contributed by atoms with van der Waals surface area (Å²) in [6.45, 7) is 3.64. The first-order valence-electron chi connectivity index (χ1n) is 26.3. The van der Waals surface area contributed by atoms with Gasteiger partial charge in [0.25, 0.3) is 0 Å². The van der Waals surface area contributed by atoms with Gasteiger partial charge in [-0.2, -0.15) is 0 Å². The van der Waals surface area contributed by atoms with E-state index in [0.717, 1.165) is 38.5 Å². The second-order valence-corrected chi connectivity index (χ2v) is 18.8. The number of hydrogen-bond donors (Lipinski definition) is 7. The largest absolute Gasteiger partial charge is 0.394 e. The van der Waals surface area contributed by atoms with Gasteiger partial charge in [-0.1, -0.05) is 239 Å². The fraction of sp³-hybridized carbons (Fsp3) is 0.980. The van der Waals surface area contributed by atoms with Crippen LogP contribution >= 0.6 is 0 Å². The molecular weight excluding hydrogens is 771 g/mol. The average molecular weight is 872 g/mol. The molecule has 8 atom stereocenters. The van der Waals surface area contributed by atoms with Gasteiger partial charge in [-0.15, -0.1) is 0 Å². The highest BCUT2D eigenvalue weighted by Crippen LogP contribution is 2.23. The molecule has 1 aliphatic heterocycles. The predicted octanol–water partition coefficient (Wildman–Crippen LogP) is 10.9. The number of rotatable bonds is 45. The Morgan fingerprint density at radius 2 is 0.852 bits per heavy atom. The lowest BCUT2D eigenvalue weighted by molar-refractivity contribution is -0.303. The lowest BCUT2D eigenvalue weighted by Crippen LogP contribution is -2.60. The van der Waals surface area contributed by atoms with Crippen LogP contribution in [0.1, 0.15) is 258 Å². The minimum Gasteiger partial charge on any atom is -0.394 e. The highest BCUT2D eigenvalue weighted by atomic mass is 16.7. The van der Waals surface area contributed by atoms with Crippen molar-refractivity contribution < 1.29 is 44.9 Å². The van der Waals surface area contributed by atoms with E-state index in [4.69, 9.17) is 9.47 Å². The van der Waals surface area contributed by atoms with Gasteiger partial charge in [-0.05, 0) is 12.8 Å². The molecular formula is C51H101NO9. The number of aliphatic hydroxyl groups excluding tert-OH is 6. The van der Waals surface area contributed by atoms with E-state index in [2.05, 4.69) is 19.2 Å². The molecule has 0 aromatic carbocycles. The number of hydrogen-bond acceptors (Lipinski definition) is 9. The first kappa shape index (κ1) is 58.2. The van der Waals surface area contributed by atoms with Crippen molar-refractivity contribution in [1.82, 2.24) is 5.32 Å². The van der Waals surface area contributed by atoms with E-state index < -0.39 is 55.6 Å². The Morgan fingerprint density at radius 3 is 1.21 bits per heavy atom. The smallest absolute Gasteiger partial charge is 0.220 e. The molecule has 0 saturated carbocycles. The Hall–Kier alpha value is -0.850. The molecule has 1 heterocycles. The molecule has 0 bridgehead atoms. The molecule has 1 fully saturated rings. The molecule has 10 nitrogen and oxygen atoms in total. The third-order valence-corrected chi connectivity index (χ3v) is 13.1. The Morgan fingerprint density at radius 1 is 0.508 bits per heavy atom. The maximum absolute atomic E-state index is 13.0. The molecule has 0 radical (unpaired) electrons. The summed E-state index contributed by atoms with van der Waals surface area (Å²) in [5.74, 6) is -0.252.